The molecule has 2 atom stereocenters. The maximum absolute atomic E-state index is 12.1. The number of aliphatic hydroxyl groups excluding tert-OH is 1. The molecule has 0 spiro atoms. The Hall–Kier alpha value is -1.83. The van der Waals surface area contributed by atoms with Crippen LogP contribution < -0.4 is 11.1 Å². The fourth-order valence-corrected chi connectivity index (χ4v) is 2.27. The molecule has 8 heteroatoms. The van der Waals surface area contributed by atoms with Crippen LogP contribution in [0.1, 0.15) is 32.1 Å². The second-order valence-corrected chi connectivity index (χ2v) is 4.89. The van der Waals surface area contributed by atoms with Crippen molar-refractivity contribution in [3.8, 4) is 0 Å². The highest BCUT2D eigenvalue weighted by Crippen LogP contribution is 2.16. The van der Waals surface area contributed by atoms with Crippen molar-refractivity contribution < 1.29 is 24.6 Å². The highest BCUT2D eigenvalue weighted by atomic mass is 16.4. The monoisotopic (exact) mass is 287 g/mol. The number of carboxylic acid groups (broad SMARTS) is 1. The molecule has 20 heavy (non-hydrogen) atoms. The first-order valence-corrected chi connectivity index (χ1v) is 6.64. The van der Waals surface area contributed by atoms with E-state index in [1.165, 1.54) is 4.90 Å². The predicted molar refractivity (Wildman–Crippen MR) is 69.8 cm³/mol. The smallest absolute Gasteiger partial charge is 0.326 e. The first kappa shape index (κ1) is 16.2. The van der Waals surface area contributed by atoms with Crippen LogP contribution in [0.2, 0.25) is 0 Å². The molecule has 0 aromatic rings. The number of rotatable bonds is 5. The fourth-order valence-electron chi connectivity index (χ4n) is 2.27. The van der Waals surface area contributed by atoms with Gasteiger partial charge in [0.05, 0.1) is 19.1 Å². The van der Waals surface area contributed by atoms with Gasteiger partial charge in [0.15, 0.2) is 0 Å². The van der Waals surface area contributed by atoms with Crippen LogP contribution in [0.3, 0.4) is 0 Å². The van der Waals surface area contributed by atoms with Gasteiger partial charge in [-0.1, -0.05) is 12.8 Å². The highest BCUT2D eigenvalue weighted by molar-refractivity contribution is 5.87. The van der Waals surface area contributed by atoms with Gasteiger partial charge in [-0.3, -0.25) is 4.79 Å². The van der Waals surface area contributed by atoms with E-state index in [2.05, 4.69) is 5.32 Å². The predicted octanol–water partition coefficient (Wildman–Crippen LogP) is -0.738. The largest absolute Gasteiger partial charge is 0.480 e. The Bertz CT molecular complexity index is 374. The minimum Gasteiger partial charge on any atom is -0.480 e. The maximum atomic E-state index is 12.1. The van der Waals surface area contributed by atoms with E-state index in [0.717, 1.165) is 19.3 Å². The Morgan fingerprint density at radius 3 is 2.55 bits per heavy atom. The Balaban J connectivity index is 2.70. The summed E-state index contributed by atoms with van der Waals surface area (Å²) in [5.41, 5.74) is 4.96. The lowest BCUT2D eigenvalue weighted by Gasteiger charge is -2.29. The van der Waals surface area contributed by atoms with E-state index < -0.39 is 30.4 Å². The number of likely N-dealkylation sites (tertiary alicyclic amines) is 1. The van der Waals surface area contributed by atoms with Crippen LogP contribution in [0.4, 0.5) is 4.79 Å². The first-order chi connectivity index (χ1) is 9.45. The summed E-state index contributed by atoms with van der Waals surface area (Å²) in [5, 5.41) is 20.6. The Labute approximate surface area is 116 Å². The third kappa shape index (κ3) is 4.69. The molecule has 0 aromatic carbocycles. The summed E-state index contributed by atoms with van der Waals surface area (Å²) in [5.74, 6) is -2.11. The van der Waals surface area contributed by atoms with Crippen LogP contribution in [0.5, 0.6) is 0 Å². The summed E-state index contributed by atoms with van der Waals surface area (Å²) in [7, 11) is 0. The number of amides is 3. The normalized spacial score (nSPS) is 20.9. The lowest BCUT2D eigenvalue weighted by Crippen LogP contribution is -2.53. The zero-order chi connectivity index (χ0) is 15.1. The van der Waals surface area contributed by atoms with Gasteiger partial charge in [-0.05, 0) is 12.8 Å². The third-order valence-corrected chi connectivity index (χ3v) is 3.35. The van der Waals surface area contributed by atoms with Crippen molar-refractivity contribution in [3.05, 3.63) is 0 Å². The molecule has 0 aliphatic carbocycles. The summed E-state index contributed by atoms with van der Waals surface area (Å²) in [4.78, 5) is 35.3. The minimum atomic E-state index is -1.34. The zero-order valence-corrected chi connectivity index (χ0v) is 11.2. The molecule has 0 saturated carbocycles. The molecule has 5 N–H and O–H groups in total. The van der Waals surface area contributed by atoms with Gasteiger partial charge in [0.25, 0.3) is 0 Å². The molecule has 1 fully saturated rings. The van der Waals surface area contributed by atoms with Gasteiger partial charge in [-0.15, -0.1) is 0 Å². The number of urea groups is 1. The number of aliphatic carboxylic acids is 1. The van der Waals surface area contributed by atoms with Crippen LogP contribution in [0.25, 0.3) is 0 Å². The van der Waals surface area contributed by atoms with E-state index in [1.807, 2.05) is 0 Å². The number of hydrogen-bond donors (Lipinski definition) is 4. The SMILES string of the molecule is NC(=O)C[C@H](NC(=O)N1CCCCCC1CO)C(=O)O. The maximum Gasteiger partial charge on any atom is 0.326 e. The van der Waals surface area contributed by atoms with Gasteiger partial charge < -0.3 is 26.2 Å². The molecular formula is C12H21N3O5. The summed E-state index contributed by atoms with van der Waals surface area (Å²) >= 11 is 0. The van der Waals surface area contributed by atoms with E-state index >= 15 is 0 Å². The van der Waals surface area contributed by atoms with Crippen LogP contribution in [0, 0.1) is 0 Å². The van der Waals surface area contributed by atoms with Gasteiger partial charge >= 0.3 is 12.0 Å². The number of hydrogen-bond acceptors (Lipinski definition) is 4. The summed E-state index contributed by atoms with van der Waals surface area (Å²) in [6.07, 6.45) is 2.90. The van der Waals surface area contributed by atoms with Crippen molar-refractivity contribution in [2.24, 2.45) is 5.73 Å². The standard InChI is InChI=1S/C12H21N3O5/c13-10(17)6-9(11(18)19)14-12(20)15-5-3-1-2-4-8(15)7-16/h8-9,16H,1-7H2,(H2,13,17)(H,14,20)(H,18,19)/t8?,9-/m0/s1. The van der Waals surface area contributed by atoms with Gasteiger partial charge in [0, 0.05) is 6.54 Å². The molecule has 1 aliphatic rings. The van der Waals surface area contributed by atoms with Crippen molar-refractivity contribution in [2.45, 2.75) is 44.2 Å². The van der Waals surface area contributed by atoms with Gasteiger partial charge in [-0.2, -0.15) is 0 Å². The van der Waals surface area contributed by atoms with E-state index in [9.17, 15) is 19.5 Å². The molecule has 0 radical (unpaired) electrons. The van der Waals surface area contributed by atoms with Crippen LogP contribution in [0.15, 0.2) is 0 Å². The van der Waals surface area contributed by atoms with Crippen LogP contribution >= 0.6 is 0 Å². The molecule has 1 rings (SSSR count). The van der Waals surface area contributed by atoms with Crippen molar-refractivity contribution in [3.63, 3.8) is 0 Å². The molecule has 1 heterocycles. The number of carbonyl (C=O) groups excluding carboxylic acids is 2. The molecule has 1 saturated heterocycles. The topological polar surface area (TPSA) is 133 Å². The fraction of sp³-hybridized carbons (Fsp3) is 0.750. The summed E-state index contributed by atoms with van der Waals surface area (Å²) < 4.78 is 0. The molecule has 8 nitrogen and oxygen atoms in total. The van der Waals surface area contributed by atoms with Gasteiger partial charge in [0.1, 0.15) is 6.04 Å². The number of carboxylic acids is 1. The minimum absolute atomic E-state index is 0.166. The second kappa shape index (κ2) is 7.68. The Morgan fingerprint density at radius 2 is 2.00 bits per heavy atom. The molecule has 0 bridgehead atoms. The van der Waals surface area contributed by atoms with E-state index in [-0.39, 0.29) is 12.6 Å². The number of nitrogens with zero attached hydrogens (tertiary/aromatic N) is 1. The Kier molecular flexibility index (Phi) is 6.23. The lowest BCUT2D eigenvalue weighted by molar-refractivity contribution is -0.141. The van der Waals surface area contributed by atoms with Crippen molar-refractivity contribution in [1.29, 1.82) is 0 Å². The summed E-state index contributed by atoms with van der Waals surface area (Å²) in [6, 6.07) is -2.25. The van der Waals surface area contributed by atoms with Gasteiger partial charge in [0.2, 0.25) is 5.91 Å². The highest BCUT2D eigenvalue weighted by Gasteiger charge is 2.29. The molecule has 0 aromatic heterocycles. The average Bonchev–Trinajstić information content (AvgIpc) is 2.62. The first-order valence-electron chi connectivity index (χ1n) is 6.64. The third-order valence-electron chi connectivity index (χ3n) is 3.35. The zero-order valence-electron chi connectivity index (χ0n) is 11.2. The van der Waals surface area contributed by atoms with E-state index in [1.54, 1.807) is 0 Å². The van der Waals surface area contributed by atoms with E-state index in [0.29, 0.717) is 13.0 Å². The molecule has 3 amide bonds. The van der Waals surface area contributed by atoms with Crippen LogP contribution in [-0.4, -0.2) is 58.3 Å². The van der Waals surface area contributed by atoms with E-state index in [4.69, 9.17) is 10.8 Å². The van der Waals surface area contributed by atoms with Crippen molar-refractivity contribution in [2.75, 3.05) is 13.2 Å². The van der Waals surface area contributed by atoms with Crippen molar-refractivity contribution >= 4 is 17.9 Å². The molecule has 1 aliphatic heterocycles. The summed E-state index contributed by atoms with van der Waals surface area (Å²) in [6.45, 7) is 0.293. The number of aliphatic hydroxyl groups is 1. The number of carbonyl (C=O) groups is 3. The molecule has 114 valence electrons. The molecule has 1 unspecified atom stereocenters. The number of nitrogens with one attached hydrogen (secondary N) is 1. The quantitative estimate of drug-likeness (QED) is 0.528. The van der Waals surface area contributed by atoms with Crippen molar-refractivity contribution in [1.82, 2.24) is 10.2 Å². The second-order valence-electron chi connectivity index (χ2n) is 4.89. The number of primary amides is 1. The van der Waals surface area contributed by atoms with Gasteiger partial charge in [-0.25, -0.2) is 9.59 Å². The number of nitrogens with two attached hydrogens (primary N) is 1. The average molecular weight is 287 g/mol. The molecular weight excluding hydrogens is 266 g/mol. The Morgan fingerprint density at radius 1 is 1.30 bits per heavy atom. The lowest BCUT2D eigenvalue weighted by atomic mass is 10.1. The van der Waals surface area contributed by atoms with Crippen LogP contribution in [-0.2, 0) is 9.59 Å².